The Kier molecular flexibility index (Phi) is 2.00. The van der Waals surface area contributed by atoms with Crippen molar-refractivity contribution in [3.8, 4) is 0 Å². The Labute approximate surface area is 83.5 Å². The van der Waals surface area contributed by atoms with E-state index in [1.807, 2.05) is 0 Å². The molecule has 0 aliphatic carbocycles. The molecule has 2 heterocycles. The van der Waals surface area contributed by atoms with E-state index in [0.717, 1.165) is 23.4 Å². The van der Waals surface area contributed by atoms with E-state index in [1.165, 1.54) is 0 Å². The number of H-pyrrole nitrogens is 1. The van der Waals surface area contributed by atoms with Crippen LogP contribution in [0.25, 0.3) is 0 Å². The van der Waals surface area contributed by atoms with Crippen molar-refractivity contribution in [1.29, 1.82) is 0 Å². The zero-order valence-electron chi connectivity index (χ0n) is 8.90. The van der Waals surface area contributed by atoms with Gasteiger partial charge in [-0.25, -0.2) is 0 Å². The van der Waals surface area contributed by atoms with Crippen molar-refractivity contribution in [2.45, 2.75) is 39.3 Å². The van der Waals surface area contributed by atoms with Gasteiger partial charge in [0.15, 0.2) is 0 Å². The van der Waals surface area contributed by atoms with Crippen LogP contribution in [-0.2, 0) is 18.5 Å². The number of aromatic amines is 1. The number of aromatic nitrogens is 1. The first-order chi connectivity index (χ1) is 6.48. The van der Waals surface area contributed by atoms with Crippen molar-refractivity contribution in [3.63, 3.8) is 0 Å². The molecule has 0 aromatic carbocycles. The normalized spacial score (nSPS) is 15.6. The molecule has 1 aliphatic heterocycles. The lowest BCUT2D eigenvalue weighted by Gasteiger charge is -2.19. The third-order valence-corrected chi connectivity index (χ3v) is 2.65. The lowest BCUT2D eigenvalue weighted by atomic mass is 9.90. The maximum atomic E-state index is 11.7. The molecule has 14 heavy (non-hydrogen) atoms. The van der Waals surface area contributed by atoms with Gasteiger partial charge in [0.05, 0.1) is 0 Å². The number of nitrogens with one attached hydrogen (secondary N) is 2. The van der Waals surface area contributed by atoms with E-state index in [0.29, 0.717) is 6.54 Å². The number of pyridine rings is 1. The molecule has 3 nitrogen and oxygen atoms in total. The summed E-state index contributed by atoms with van der Waals surface area (Å²) in [6.45, 7) is 7.84. The molecule has 0 spiro atoms. The summed E-state index contributed by atoms with van der Waals surface area (Å²) >= 11 is 0. The first-order valence-corrected chi connectivity index (χ1v) is 4.95. The van der Waals surface area contributed by atoms with E-state index >= 15 is 0 Å². The van der Waals surface area contributed by atoms with Gasteiger partial charge in [-0.3, -0.25) is 4.79 Å². The molecule has 0 amide bonds. The second kappa shape index (κ2) is 2.95. The van der Waals surface area contributed by atoms with Gasteiger partial charge in [0.2, 0.25) is 0 Å². The maximum absolute atomic E-state index is 11.7. The van der Waals surface area contributed by atoms with Crippen LogP contribution in [0.5, 0.6) is 0 Å². The van der Waals surface area contributed by atoms with Crippen LogP contribution in [-0.4, -0.2) is 4.98 Å². The Balaban J connectivity index is 2.58. The lowest BCUT2D eigenvalue weighted by molar-refractivity contribution is 0.565. The summed E-state index contributed by atoms with van der Waals surface area (Å²) in [6.07, 6.45) is 0. The molecule has 2 N–H and O–H groups in total. The molecule has 1 aromatic heterocycles. The predicted octanol–water partition coefficient (Wildman–Crippen LogP) is 1.28. The summed E-state index contributed by atoms with van der Waals surface area (Å²) < 4.78 is 0. The van der Waals surface area contributed by atoms with Crippen LogP contribution >= 0.6 is 0 Å². The highest BCUT2D eigenvalue weighted by atomic mass is 16.1. The standard InChI is InChI=1S/C11H16N2O/c1-11(2,3)9-4-7-5-12-6-8(7)10(14)13-9/h4,12H,5-6H2,1-3H3,(H,13,14). The minimum Gasteiger partial charge on any atom is -0.325 e. The van der Waals surface area contributed by atoms with Crippen LogP contribution < -0.4 is 10.9 Å². The molecular formula is C11H16N2O. The first-order valence-electron chi connectivity index (χ1n) is 4.95. The zero-order valence-corrected chi connectivity index (χ0v) is 8.90. The molecule has 0 bridgehead atoms. The van der Waals surface area contributed by atoms with Crippen LogP contribution in [0.1, 0.15) is 37.6 Å². The van der Waals surface area contributed by atoms with Crippen LogP contribution in [0.2, 0.25) is 0 Å². The quantitative estimate of drug-likeness (QED) is 0.650. The number of rotatable bonds is 0. The van der Waals surface area contributed by atoms with E-state index in [2.05, 4.69) is 37.1 Å². The van der Waals surface area contributed by atoms with E-state index in [4.69, 9.17) is 0 Å². The summed E-state index contributed by atoms with van der Waals surface area (Å²) in [7, 11) is 0. The minimum atomic E-state index is 0.0107. The van der Waals surface area contributed by atoms with Crippen LogP contribution in [0.15, 0.2) is 10.9 Å². The van der Waals surface area contributed by atoms with Gasteiger partial charge in [-0.2, -0.15) is 0 Å². The molecule has 0 radical (unpaired) electrons. The SMILES string of the molecule is CC(C)(C)c1cc2c(c(=O)[nH]1)CNC2. The van der Waals surface area contributed by atoms with Gasteiger partial charge in [0.25, 0.3) is 5.56 Å². The topological polar surface area (TPSA) is 44.9 Å². The molecule has 0 saturated heterocycles. The molecule has 0 atom stereocenters. The lowest BCUT2D eigenvalue weighted by Crippen LogP contribution is -2.22. The van der Waals surface area contributed by atoms with E-state index in [1.54, 1.807) is 0 Å². The average molecular weight is 192 g/mol. The average Bonchev–Trinajstić information content (AvgIpc) is 2.50. The first kappa shape index (κ1) is 9.46. The largest absolute Gasteiger partial charge is 0.325 e. The Morgan fingerprint density at radius 2 is 2.00 bits per heavy atom. The molecule has 1 aliphatic rings. The second-order valence-electron chi connectivity index (χ2n) is 4.87. The van der Waals surface area contributed by atoms with E-state index < -0.39 is 0 Å². The van der Waals surface area contributed by atoms with Crippen LogP contribution in [0.3, 0.4) is 0 Å². The van der Waals surface area contributed by atoms with Gasteiger partial charge in [0.1, 0.15) is 0 Å². The molecule has 3 heteroatoms. The fourth-order valence-electron chi connectivity index (χ4n) is 1.72. The highest BCUT2D eigenvalue weighted by molar-refractivity contribution is 5.31. The van der Waals surface area contributed by atoms with Gasteiger partial charge in [0, 0.05) is 29.8 Å². The summed E-state index contributed by atoms with van der Waals surface area (Å²) in [5.74, 6) is 0. The Bertz CT molecular complexity index is 412. The maximum Gasteiger partial charge on any atom is 0.252 e. The summed E-state index contributed by atoms with van der Waals surface area (Å²) in [5, 5.41) is 3.19. The summed E-state index contributed by atoms with van der Waals surface area (Å²) in [5.41, 5.74) is 3.15. The molecule has 0 fully saturated rings. The molecular weight excluding hydrogens is 176 g/mol. The van der Waals surface area contributed by atoms with Crippen molar-refractivity contribution in [2.75, 3.05) is 0 Å². The monoisotopic (exact) mass is 192 g/mol. The Morgan fingerprint density at radius 3 is 2.64 bits per heavy atom. The smallest absolute Gasteiger partial charge is 0.252 e. The van der Waals surface area contributed by atoms with E-state index in [9.17, 15) is 4.79 Å². The molecule has 1 aromatic rings. The predicted molar refractivity (Wildman–Crippen MR) is 56.3 cm³/mol. The van der Waals surface area contributed by atoms with Gasteiger partial charge >= 0.3 is 0 Å². The van der Waals surface area contributed by atoms with Crippen molar-refractivity contribution >= 4 is 0 Å². The molecule has 0 saturated carbocycles. The number of hydrogen-bond donors (Lipinski definition) is 2. The Morgan fingerprint density at radius 1 is 1.29 bits per heavy atom. The van der Waals surface area contributed by atoms with Crippen LogP contribution in [0.4, 0.5) is 0 Å². The third kappa shape index (κ3) is 1.48. The van der Waals surface area contributed by atoms with Crippen molar-refractivity contribution in [2.24, 2.45) is 0 Å². The molecule has 2 rings (SSSR count). The van der Waals surface area contributed by atoms with Crippen LogP contribution in [0, 0.1) is 0 Å². The van der Waals surface area contributed by atoms with Gasteiger partial charge in [-0.1, -0.05) is 20.8 Å². The van der Waals surface area contributed by atoms with E-state index in [-0.39, 0.29) is 11.0 Å². The van der Waals surface area contributed by atoms with Gasteiger partial charge < -0.3 is 10.3 Å². The highest BCUT2D eigenvalue weighted by Crippen LogP contribution is 2.22. The molecule has 0 unspecified atom stereocenters. The minimum absolute atomic E-state index is 0.0107. The Hall–Kier alpha value is -1.09. The van der Waals surface area contributed by atoms with Gasteiger partial charge in [-0.15, -0.1) is 0 Å². The fraction of sp³-hybridized carbons (Fsp3) is 0.545. The number of hydrogen-bond acceptors (Lipinski definition) is 2. The highest BCUT2D eigenvalue weighted by Gasteiger charge is 2.20. The number of fused-ring (bicyclic) bond motifs is 1. The van der Waals surface area contributed by atoms with Gasteiger partial charge in [-0.05, 0) is 11.6 Å². The zero-order chi connectivity index (χ0) is 10.3. The third-order valence-electron chi connectivity index (χ3n) is 2.65. The van der Waals surface area contributed by atoms with Crippen molar-refractivity contribution in [1.82, 2.24) is 10.3 Å². The summed E-state index contributed by atoms with van der Waals surface area (Å²) in [6, 6.07) is 2.11. The fourth-order valence-corrected chi connectivity index (χ4v) is 1.72. The van der Waals surface area contributed by atoms with Crippen molar-refractivity contribution < 1.29 is 0 Å². The molecule has 76 valence electrons. The van der Waals surface area contributed by atoms with Crippen molar-refractivity contribution in [3.05, 3.63) is 33.2 Å². The summed E-state index contributed by atoms with van der Waals surface area (Å²) in [4.78, 5) is 14.6. The second-order valence-corrected chi connectivity index (χ2v) is 4.87.